The molecule has 0 saturated heterocycles. The molecule has 0 unspecified atom stereocenters. The van der Waals surface area contributed by atoms with Crippen molar-refractivity contribution in [2.45, 2.75) is 20.3 Å². The van der Waals surface area contributed by atoms with Crippen molar-refractivity contribution in [2.24, 2.45) is 0 Å². The smallest absolute Gasteiger partial charge is 0.270 e. The Morgan fingerprint density at radius 1 is 1.58 bits per heavy atom. The maximum absolute atomic E-state index is 13.0. The summed E-state index contributed by atoms with van der Waals surface area (Å²) in [6, 6.07) is 1.82. The first-order valence-electron chi connectivity index (χ1n) is 5.97. The molecule has 0 aromatic carbocycles. The summed E-state index contributed by atoms with van der Waals surface area (Å²) < 4.78 is 13.8. The number of nitrogens with zero attached hydrogens (tertiary/aromatic N) is 1. The standard InChI is InChI=1S/C14H16BrFN2O/c1-3-5-12(16)6-4-7-17-14(19)13-10(2)8-11(15)9-18-13/h4-6,8-9H,3,7H2,1-2H3,(H,17,19)/b6-4-,12-5+. The fraction of sp³-hybridized carbons (Fsp3) is 0.286. The summed E-state index contributed by atoms with van der Waals surface area (Å²) in [4.78, 5) is 15.9. The first kappa shape index (κ1) is 15.6. The zero-order chi connectivity index (χ0) is 14.3. The Bertz CT molecular complexity index is 512. The van der Waals surface area contributed by atoms with E-state index >= 15 is 0 Å². The second kappa shape index (κ2) is 7.84. The van der Waals surface area contributed by atoms with E-state index in [4.69, 9.17) is 0 Å². The normalized spacial score (nSPS) is 11.9. The summed E-state index contributed by atoms with van der Waals surface area (Å²) in [5, 5.41) is 2.66. The van der Waals surface area contributed by atoms with Crippen LogP contribution in [0.4, 0.5) is 4.39 Å². The number of amides is 1. The number of carbonyl (C=O) groups is 1. The van der Waals surface area contributed by atoms with E-state index in [2.05, 4.69) is 26.2 Å². The molecular weight excluding hydrogens is 311 g/mol. The van der Waals surface area contributed by atoms with Gasteiger partial charge in [-0.25, -0.2) is 9.37 Å². The third-order valence-electron chi connectivity index (χ3n) is 2.32. The van der Waals surface area contributed by atoms with Gasteiger partial charge in [0.2, 0.25) is 0 Å². The number of carbonyl (C=O) groups excluding carboxylic acids is 1. The first-order chi connectivity index (χ1) is 9.04. The van der Waals surface area contributed by atoms with Crippen LogP contribution in [0.2, 0.25) is 0 Å². The van der Waals surface area contributed by atoms with Crippen LogP contribution in [0.25, 0.3) is 0 Å². The molecule has 19 heavy (non-hydrogen) atoms. The van der Waals surface area contributed by atoms with Crippen LogP contribution in [0.5, 0.6) is 0 Å². The SMILES string of the molecule is CC/C=C(F)\C=C/CNC(=O)c1ncc(Br)cc1C. The van der Waals surface area contributed by atoms with Gasteiger partial charge in [0.05, 0.1) is 0 Å². The van der Waals surface area contributed by atoms with Crippen LogP contribution in [0.3, 0.4) is 0 Å². The molecule has 0 aliphatic rings. The molecule has 0 bridgehead atoms. The Morgan fingerprint density at radius 3 is 2.95 bits per heavy atom. The van der Waals surface area contributed by atoms with Crippen molar-refractivity contribution in [3.8, 4) is 0 Å². The minimum absolute atomic E-state index is 0.265. The van der Waals surface area contributed by atoms with Gasteiger partial charge in [0.1, 0.15) is 11.5 Å². The predicted molar refractivity (Wildman–Crippen MR) is 77.6 cm³/mol. The van der Waals surface area contributed by atoms with E-state index in [-0.39, 0.29) is 18.3 Å². The van der Waals surface area contributed by atoms with Gasteiger partial charge in [-0.05, 0) is 53.1 Å². The van der Waals surface area contributed by atoms with Gasteiger partial charge in [0.15, 0.2) is 0 Å². The predicted octanol–water partition coefficient (Wildman–Crippen LogP) is 3.70. The summed E-state index contributed by atoms with van der Waals surface area (Å²) in [7, 11) is 0. The number of hydrogen-bond acceptors (Lipinski definition) is 2. The Labute approximate surface area is 120 Å². The van der Waals surface area contributed by atoms with Crippen LogP contribution >= 0.6 is 15.9 Å². The number of nitrogens with one attached hydrogen (secondary N) is 1. The molecule has 1 amide bonds. The van der Waals surface area contributed by atoms with Crippen LogP contribution in [0.1, 0.15) is 29.4 Å². The quantitative estimate of drug-likeness (QED) is 0.838. The molecule has 1 aromatic heterocycles. The number of rotatable bonds is 5. The Morgan fingerprint density at radius 2 is 2.32 bits per heavy atom. The summed E-state index contributed by atoms with van der Waals surface area (Å²) >= 11 is 3.29. The first-order valence-corrected chi connectivity index (χ1v) is 6.76. The lowest BCUT2D eigenvalue weighted by Gasteiger charge is -2.05. The van der Waals surface area contributed by atoms with Gasteiger partial charge in [0, 0.05) is 17.2 Å². The fourth-order valence-corrected chi connectivity index (χ4v) is 1.89. The number of pyridine rings is 1. The van der Waals surface area contributed by atoms with Gasteiger partial charge in [-0.2, -0.15) is 0 Å². The Hall–Kier alpha value is -1.49. The lowest BCUT2D eigenvalue weighted by Crippen LogP contribution is -2.25. The summed E-state index contributed by atoms with van der Waals surface area (Å²) in [5.41, 5.74) is 1.16. The van der Waals surface area contributed by atoms with Gasteiger partial charge in [-0.3, -0.25) is 4.79 Å². The lowest BCUT2D eigenvalue weighted by atomic mass is 10.2. The van der Waals surface area contributed by atoms with Gasteiger partial charge >= 0.3 is 0 Å². The molecular formula is C14H16BrFN2O. The van der Waals surface area contributed by atoms with E-state index in [0.717, 1.165) is 10.0 Å². The molecule has 1 rings (SSSR count). The molecule has 0 spiro atoms. The number of aryl methyl sites for hydroxylation is 1. The molecule has 0 radical (unpaired) electrons. The van der Waals surface area contributed by atoms with Gasteiger partial charge in [-0.1, -0.05) is 13.0 Å². The van der Waals surface area contributed by atoms with Gasteiger partial charge in [0.25, 0.3) is 5.91 Å². The maximum atomic E-state index is 13.0. The van der Waals surface area contributed by atoms with Crippen molar-refractivity contribution in [1.82, 2.24) is 10.3 Å². The second-order valence-corrected chi connectivity index (χ2v) is 4.84. The largest absolute Gasteiger partial charge is 0.347 e. The highest BCUT2D eigenvalue weighted by atomic mass is 79.9. The molecule has 0 aliphatic carbocycles. The number of hydrogen-bond donors (Lipinski definition) is 1. The highest BCUT2D eigenvalue weighted by molar-refractivity contribution is 9.10. The highest BCUT2D eigenvalue weighted by Crippen LogP contribution is 2.12. The highest BCUT2D eigenvalue weighted by Gasteiger charge is 2.09. The minimum atomic E-state index is -0.297. The van der Waals surface area contributed by atoms with Crippen molar-refractivity contribution in [1.29, 1.82) is 0 Å². The summed E-state index contributed by atoms with van der Waals surface area (Å²) in [6.45, 7) is 3.93. The zero-order valence-electron chi connectivity index (χ0n) is 10.9. The zero-order valence-corrected chi connectivity index (χ0v) is 12.5. The van der Waals surface area contributed by atoms with Gasteiger partial charge in [-0.15, -0.1) is 0 Å². The van der Waals surface area contributed by atoms with Crippen molar-refractivity contribution in [3.05, 3.63) is 52.0 Å². The molecule has 0 atom stereocenters. The van der Waals surface area contributed by atoms with Crippen molar-refractivity contribution >= 4 is 21.8 Å². The lowest BCUT2D eigenvalue weighted by molar-refractivity contribution is 0.0952. The molecule has 1 N–H and O–H groups in total. The summed E-state index contributed by atoms with van der Waals surface area (Å²) in [6.07, 6.45) is 6.59. The van der Waals surface area contributed by atoms with Crippen LogP contribution in [0, 0.1) is 6.92 Å². The monoisotopic (exact) mass is 326 g/mol. The van der Waals surface area contributed by atoms with Crippen LogP contribution in [0.15, 0.2) is 40.8 Å². The van der Waals surface area contributed by atoms with E-state index in [1.54, 1.807) is 12.3 Å². The molecule has 0 fully saturated rings. The van der Waals surface area contributed by atoms with Crippen LogP contribution in [-0.2, 0) is 0 Å². The van der Waals surface area contributed by atoms with E-state index in [1.165, 1.54) is 12.2 Å². The van der Waals surface area contributed by atoms with Crippen LogP contribution in [-0.4, -0.2) is 17.4 Å². The molecule has 1 aromatic rings. The van der Waals surface area contributed by atoms with Crippen molar-refractivity contribution in [3.63, 3.8) is 0 Å². The topological polar surface area (TPSA) is 42.0 Å². The Balaban J connectivity index is 2.54. The molecule has 3 nitrogen and oxygen atoms in total. The van der Waals surface area contributed by atoms with Crippen molar-refractivity contribution in [2.75, 3.05) is 6.54 Å². The number of allylic oxidation sites excluding steroid dienone is 3. The number of halogens is 2. The van der Waals surface area contributed by atoms with Gasteiger partial charge < -0.3 is 5.32 Å². The van der Waals surface area contributed by atoms with E-state index in [0.29, 0.717) is 12.1 Å². The van der Waals surface area contributed by atoms with E-state index in [9.17, 15) is 9.18 Å². The molecule has 0 saturated carbocycles. The second-order valence-electron chi connectivity index (χ2n) is 3.93. The van der Waals surface area contributed by atoms with E-state index < -0.39 is 0 Å². The third kappa shape index (κ3) is 5.34. The number of aromatic nitrogens is 1. The average molecular weight is 327 g/mol. The van der Waals surface area contributed by atoms with E-state index in [1.807, 2.05) is 19.9 Å². The van der Waals surface area contributed by atoms with Crippen LogP contribution < -0.4 is 5.32 Å². The third-order valence-corrected chi connectivity index (χ3v) is 2.75. The minimum Gasteiger partial charge on any atom is -0.347 e. The fourth-order valence-electron chi connectivity index (χ4n) is 1.45. The summed E-state index contributed by atoms with van der Waals surface area (Å²) in [5.74, 6) is -0.566. The molecule has 5 heteroatoms. The average Bonchev–Trinajstić information content (AvgIpc) is 2.34. The molecule has 102 valence electrons. The maximum Gasteiger partial charge on any atom is 0.270 e. The van der Waals surface area contributed by atoms with Crippen molar-refractivity contribution < 1.29 is 9.18 Å². The Kier molecular flexibility index (Phi) is 6.42. The molecule has 1 heterocycles. The molecule has 0 aliphatic heterocycles.